The first kappa shape index (κ1) is 18.6. The minimum Gasteiger partial charge on any atom is -0.423 e. The summed E-state index contributed by atoms with van der Waals surface area (Å²) in [4.78, 5) is 16.1. The molecule has 0 radical (unpaired) electrons. The van der Waals surface area contributed by atoms with Gasteiger partial charge in [0.2, 0.25) is 11.7 Å². The lowest BCUT2D eigenvalue weighted by atomic mass is 10.2. The molecule has 0 saturated carbocycles. The van der Waals surface area contributed by atoms with E-state index in [0.29, 0.717) is 16.4 Å². The first-order valence-corrected chi connectivity index (χ1v) is 8.49. The second-order valence-electron chi connectivity index (χ2n) is 5.19. The molecule has 0 fully saturated rings. The highest BCUT2D eigenvalue weighted by Gasteiger charge is 2.16. The second kappa shape index (κ2) is 8.03. The monoisotopic (exact) mass is 414 g/mol. The van der Waals surface area contributed by atoms with Crippen molar-refractivity contribution in [2.75, 3.05) is 0 Å². The van der Waals surface area contributed by atoms with Gasteiger partial charge in [0.1, 0.15) is 5.82 Å². The molecule has 0 aliphatic heterocycles. The summed E-state index contributed by atoms with van der Waals surface area (Å²) in [6, 6.07) is 8.49. The van der Waals surface area contributed by atoms with Gasteiger partial charge in [-0.15, -0.1) is 0 Å². The van der Waals surface area contributed by atoms with Crippen molar-refractivity contribution in [1.82, 2.24) is 10.1 Å². The summed E-state index contributed by atoms with van der Waals surface area (Å²) < 4.78 is 23.2. The molecular weight excluding hydrogens is 406 g/mol. The van der Waals surface area contributed by atoms with Gasteiger partial charge in [0.15, 0.2) is 5.75 Å². The topological polar surface area (TPSA) is 65.2 Å². The lowest BCUT2D eigenvalue weighted by Crippen LogP contribution is -2.10. The third-order valence-corrected chi connectivity index (χ3v) is 4.07. The Morgan fingerprint density at radius 1 is 1.12 bits per heavy atom. The third-order valence-electron chi connectivity index (χ3n) is 3.29. The molecule has 0 atom stereocenters. The molecule has 0 N–H and O–H groups in total. The van der Waals surface area contributed by atoms with Crippen LogP contribution in [0.1, 0.15) is 12.3 Å². The van der Waals surface area contributed by atoms with Crippen LogP contribution in [0.2, 0.25) is 15.1 Å². The van der Waals surface area contributed by atoms with Crippen molar-refractivity contribution in [3.8, 4) is 17.1 Å². The van der Waals surface area contributed by atoms with E-state index in [2.05, 4.69) is 10.1 Å². The van der Waals surface area contributed by atoms with E-state index in [1.807, 2.05) is 0 Å². The number of aromatic nitrogens is 2. The fourth-order valence-corrected chi connectivity index (χ4v) is 2.97. The Labute approximate surface area is 162 Å². The summed E-state index contributed by atoms with van der Waals surface area (Å²) in [5.74, 6) is -0.343. The number of nitrogens with zero attached hydrogens (tertiary/aromatic N) is 2. The van der Waals surface area contributed by atoms with Gasteiger partial charge in [-0.1, -0.05) is 40.0 Å². The van der Waals surface area contributed by atoms with E-state index in [-0.39, 0.29) is 40.3 Å². The number of rotatable bonds is 5. The Bertz CT molecular complexity index is 922. The molecule has 1 heterocycles. The number of carbonyl (C=O) groups excluding carboxylic acids is 1. The summed E-state index contributed by atoms with van der Waals surface area (Å²) >= 11 is 17.7. The van der Waals surface area contributed by atoms with E-state index >= 15 is 0 Å². The van der Waals surface area contributed by atoms with Gasteiger partial charge < -0.3 is 9.26 Å². The van der Waals surface area contributed by atoms with Crippen molar-refractivity contribution in [2.24, 2.45) is 0 Å². The van der Waals surface area contributed by atoms with Crippen LogP contribution in [0, 0.1) is 5.82 Å². The predicted octanol–water partition coefficient (Wildman–Crippen LogP) is 5.37. The zero-order valence-electron chi connectivity index (χ0n) is 13.0. The standard InChI is InChI=1S/C17H10Cl3FN2O3/c18-10-7-12(19)16(13(20)8-10)25-15(24)6-5-14-22-17(23-26-14)9-1-3-11(21)4-2-9/h1-4,7-8H,5-6H2. The Morgan fingerprint density at radius 3 is 2.42 bits per heavy atom. The molecule has 134 valence electrons. The lowest BCUT2D eigenvalue weighted by molar-refractivity contribution is -0.134. The Morgan fingerprint density at radius 2 is 1.77 bits per heavy atom. The lowest BCUT2D eigenvalue weighted by Gasteiger charge is -2.08. The highest BCUT2D eigenvalue weighted by molar-refractivity contribution is 6.40. The van der Waals surface area contributed by atoms with Gasteiger partial charge in [-0.3, -0.25) is 4.79 Å². The molecular formula is C17H10Cl3FN2O3. The van der Waals surface area contributed by atoms with Crippen LogP contribution in [0.4, 0.5) is 4.39 Å². The molecule has 0 unspecified atom stereocenters. The second-order valence-corrected chi connectivity index (χ2v) is 6.44. The van der Waals surface area contributed by atoms with Gasteiger partial charge in [-0.25, -0.2) is 4.39 Å². The van der Waals surface area contributed by atoms with Crippen LogP contribution in [0.5, 0.6) is 5.75 Å². The van der Waals surface area contributed by atoms with Crippen LogP contribution in [0.3, 0.4) is 0 Å². The predicted molar refractivity (Wildman–Crippen MR) is 95.1 cm³/mol. The quantitative estimate of drug-likeness (QED) is 0.414. The zero-order valence-corrected chi connectivity index (χ0v) is 15.3. The summed E-state index contributed by atoms with van der Waals surface area (Å²) in [5.41, 5.74) is 0.601. The average Bonchev–Trinajstić information content (AvgIpc) is 3.06. The van der Waals surface area contributed by atoms with Gasteiger partial charge in [0.05, 0.1) is 16.5 Å². The highest BCUT2D eigenvalue weighted by atomic mass is 35.5. The summed E-state index contributed by atoms with van der Waals surface area (Å²) in [5, 5.41) is 4.39. The molecule has 9 heteroatoms. The molecule has 0 amide bonds. The van der Waals surface area contributed by atoms with E-state index < -0.39 is 5.97 Å². The number of halogens is 4. The molecule has 0 spiro atoms. The number of hydrogen-bond acceptors (Lipinski definition) is 5. The third kappa shape index (κ3) is 4.52. The SMILES string of the molecule is O=C(CCc1nc(-c2ccc(F)cc2)no1)Oc1c(Cl)cc(Cl)cc1Cl. The average molecular weight is 416 g/mol. The summed E-state index contributed by atoms with van der Waals surface area (Å²) in [6.45, 7) is 0. The summed E-state index contributed by atoms with van der Waals surface area (Å²) in [6.07, 6.45) is 0.135. The van der Waals surface area contributed by atoms with Gasteiger partial charge >= 0.3 is 5.97 Å². The van der Waals surface area contributed by atoms with Gasteiger partial charge in [0.25, 0.3) is 0 Å². The van der Waals surface area contributed by atoms with Crippen molar-refractivity contribution < 1.29 is 18.4 Å². The highest BCUT2D eigenvalue weighted by Crippen LogP contribution is 2.36. The largest absolute Gasteiger partial charge is 0.423 e. The van der Waals surface area contributed by atoms with Gasteiger partial charge in [-0.2, -0.15) is 4.98 Å². The number of benzene rings is 2. The maximum atomic E-state index is 12.9. The maximum absolute atomic E-state index is 12.9. The van der Waals surface area contributed by atoms with Gasteiger partial charge in [-0.05, 0) is 36.4 Å². The minimum atomic E-state index is -0.572. The Kier molecular flexibility index (Phi) is 5.76. The molecule has 1 aromatic heterocycles. The number of ether oxygens (including phenoxy) is 1. The fraction of sp³-hybridized carbons (Fsp3) is 0.118. The molecule has 3 aromatic rings. The van der Waals surface area contributed by atoms with Crippen molar-refractivity contribution in [3.05, 3.63) is 63.2 Å². The zero-order chi connectivity index (χ0) is 18.7. The van der Waals surface area contributed by atoms with E-state index in [9.17, 15) is 9.18 Å². The van der Waals surface area contributed by atoms with E-state index in [1.165, 1.54) is 36.4 Å². The molecule has 26 heavy (non-hydrogen) atoms. The Hall–Kier alpha value is -2.15. The number of aryl methyl sites for hydroxylation is 1. The van der Waals surface area contributed by atoms with Crippen molar-refractivity contribution in [3.63, 3.8) is 0 Å². The molecule has 2 aromatic carbocycles. The number of hydrogen-bond donors (Lipinski definition) is 0. The van der Waals surface area contributed by atoms with E-state index in [4.69, 9.17) is 44.1 Å². The molecule has 0 aliphatic rings. The van der Waals surface area contributed by atoms with Crippen molar-refractivity contribution in [2.45, 2.75) is 12.8 Å². The van der Waals surface area contributed by atoms with Crippen LogP contribution in [-0.4, -0.2) is 16.1 Å². The minimum absolute atomic E-state index is 0.0274. The molecule has 0 saturated heterocycles. The number of esters is 1. The smallest absolute Gasteiger partial charge is 0.311 e. The molecule has 0 bridgehead atoms. The van der Waals surface area contributed by atoms with Crippen molar-refractivity contribution in [1.29, 1.82) is 0 Å². The summed E-state index contributed by atoms with van der Waals surface area (Å²) in [7, 11) is 0. The van der Waals surface area contributed by atoms with Crippen LogP contribution >= 0.6 is 34.8 Å². The van der Waals surface area contributed by atoms with E-state index in [1.54, 1.807) is 0 Å². The maximum Gasteiger partial charge on any atom is 0.311 e. The fourth-order valence-electron chi connectivity index (χ4n) is 2.07. The molecule has 0 aliphatic carbocycles. The van der Waals surface area contributed by atoms with Crippen LogP contribution < -0.4 is 4.74 Å². The first-order valence-electron chi connectivity index (χ1n) is 7.36. The van der Waals surface area contributed by atoms with Crippen molar-refractivity contribution >= 4 is 40.8 Å². The van der Waals surface area contributed by atoms with Crippen LogP contribution in [0.25, 0.3) is 11.4 Å². The van der Waals surface area contributed by atoms with Crippen LogP contribution in [0.15, 0.2) is 40.9 Å². The normalized spacial score (nSPS) is 10.8. The van der Waals surface area contributed by atoms with Gasteiger partial charge in [0, 0.05) is 17.0 Å². The first-order chi connectivity index (χ1) is 12.4. The number of carbonyl (C=O) groups is 1. The molecule has 3 rings (SSSR count). The Balaban J connectivity index is 1.61. The van der Waals surface area contributed by atoms with E-state index in [0.717, 1.165) is 0 Å². The van der Waals surface area contributed by atoms with Crippen LogP contribution in [-0.2, 0) is 11.2 Å². The molecule has 5 nitrogen and oxygen atoms in total.